The molecule has 0 aliphatic carbocycles. The molecule has 2 atom stereocenters. The molecule has 8 nitrogen and oxygen atoms in total. The third kappa shape index (κ3) is 3.75. The second-order valence-electron chi connectivity index (χ2n) is 8.76. The number of alkyl halides is 1. The summed E-state index contributed by atoms with van der Waals surface area (Å²) in [4.78, 5) is 23.3. The van der Waals surface area contributed by atoms with E-state index in [2.05, 4.69) is 20.6 Å². The number of aliphatic hydroxyl groups excluding tert-OH is 1. The van der Waals surface area contributed by atoms with E-state index in [1.165, 1.54) is 12.1 Å². The van der Waals surface area contributed by atoms with Crippen molar-refractivity contribution in [1.82, 2.24) is 19.7 Å². The molecule has 5 heterocycles. The standard InChI is InChI=1S/C25H22F2N6O2/c26-14-5-8-33-20(12-29-23(33)9-14)16-2-3-19(24-17(16)11-30-25(24)35)31-22-4-1-15(10-28-22)32-7-6-21(34)18(27)13-32/h1-5,8-10,12,18,21,34H,6-7,11,13H2,(H,28,31)(H,30,35)/t18-,21-/m1/s1. The Labute approximate surface area is 199 Å². The van der Waals surface area contributed by atoms with Crippen LogP contribution in [0.5, 0.6) is 0 Å². The van der Waals surface area contributed by atoms with Crippen LogP contribution in [0.25, 0.3) is 16.9 Å². The molecule has 1 saturated heterocycles. The predicted octanol–water partition coefficient (Wildman–Crippen LogP) is 3.43. The van der Waals surface area contributed by atoms with Gasteiger partial charge in [0.05, 0.1) is 47.7 Å². The quantitative estimate of drug-likeness (QED) is 0.418. The van der Waals surface area contributed by atoms with Crippen LogP contribution >= 0.6 is 0 Å². The maximum atomic E-state index is 13.9. The molecular formula is C25H22F2N6O2. The Morgan fingerprint density at radius 2 is 2.03 bits per heavy atom. The fraction of sp³-hybridized carbons (Fsp3) is 0.240. The van der Waals surface area contributed by atoms with Crippen LogP contribution in [0.15, 0.2) is 55.0 Å². The summed E-state index contributed by atoms with van der Waals surface area (Å²) in [6.45, 7) is 1.05. The number of carbonyl (C=O) groups is 1. The van der Waals surface area contributed by atoms with Gasteiger partial charge in [0, 0.05) is 30.9 Å². The molecular weight excluding hydrogens is 454 g/mol. The largest absolute Gasteiger partial charge is 0.390 e. The molecule has 1 fully saturated rings. The van der Waals surface area contributed by atoms with Gasteiger partial charge in [0.15, 0.2) is 0 Å². The lowest BCUT2D eigenvalue weighted by Gasteiger charge is -2.33. The normalized spacial score (nSPS) is 19.6. The summed E-state index contributed by atoms with van der Waals surface area (Å²) in [5, 5.41) is 15.7. The molecule has 1 amide bonds. The minimum Gasteiger partial charge on any atom is -0.390 e. The molecule has 10 heteroatoms. The van der Waals surface area contributed by atoms with Crippen molar-refractivity contribution in [2.45, 2.75) is 25.2 Å². The molecule has 0 saturated carbocycles. The first kappa shape index (κ1) is 21.5. The zero-order valence-electron chi connectivity index (χ0n) is 18.6. The maximum absolute atomic E-state index is 13.9. The number of nitrogens with one attached hydrogen (secondary N) is 2. The van der Waals surface area contributed by atoms with Crippen LogP contribution in [-0.2, 0) is 6.54 Å². The lowest BCUT2D eigenvalue weighted by Crippen LogP contribution is -2.44. The molecule has 0 spiro atoms. The number of halogens is 2. The van der Waals surface area contributed by atoms with Gasteiger partial charge in [-0.05, 0) is 36.2 Å². The zero-order chi connectivity index (χ0) is 24.1. The number of piperidine rings is 1. The molecule has 178 valence electrons. The Balaban J connectivity index is 1.30. The van der Waals surface area contributed by atoms with Crippen molar-refractivity contribution in [3.05, 3.63) is 71.9 Å². The average molecular weight is 476 g/mol. The molecule has 0 unspecified atom stereocenters. The highest BCUT2D eigenvalue weighted by molar-refractivity contribution is 6.06. The van der Waals surface area contributed by atoms with Crippen molar-refractivity contribution in [3.8, 4) is 11.3 Å². The minimum atomic E-state index is -1.28. The minimum absolute atomic E-state index is 0.126. The molecule has 4 aromatic rings. The van der Waals surface area contributed by atoms with E-state index >= 15 is 0 Å². The topological polar surface area (TPSA) is 94.8 Å². The van der Waals surface area contributed by atoms with E-state index in [0.29, 0.717) is 42.2 Å². The molecule has 6 rings (SSSR count). The second-order valence-corrected chi connectivity index (χ2v) is 8.76. The fourth-order valence-electron chi connectivity index (χ4n) is 4.76. The third-order valence-corrected chi connectivity index (χ3v) is 6.60. The van der Waals surface area contributed by atoms with Crippen molar-refractivity contribution in [2.75, 3.05) is 23.3 Å². The van der Waals surface area contributed by atoms with E-state index in [1.807, 2.05) is 23.1 Å². The van der Waals surface area contributed by atoms with Crippen molar-refractivity contribution in [1.29, 1.82) is 0 Å². The predicted molar refractivity (Wildman–Crippen MR) is 127 cm³/mol. The van der Waals surface area contributed by atoms with Gasteiger partial charge in [-0.3, -0.25) is 9.20 Å². The highest BCUT2D eigenvalue weighted by Gasteiger charge is 2.29. The Morgan fingerprint density at radius 1 is 1.14 bits per heavy atom. The van der Waals surface area contributed by atoms with Crippen molar-refractivity contribution in [3.63, 3.8) is 0 Å². The number of nitrogens with zero attached hydrogens (tertiary/aromatic N) is 4. The summed E-state index contributed by atoms with van der Waals surface area (Å²) in [5.74, 6) is -0.0126. The summed E-state index contributed by atoms with van der Waals surface area (Å²) in [6, 6.07) is 10.1. The number of rotatable bonds is 4. The van der Waals surface area contributed by atoms with Crippen LogP contribution in [0.3, 0.4) is 0 Å². The lowest BCUT2D eigenvalue weighted by molar-refractivity contribution is 0.0615. The molecule has 2 aliphatic rings. The van der Waals surface area contributed by atoms with Crippen molar-refractivity contribution >= 4 is 28.7 Å². The van der Waals surface area contributed by atoms with Gasteiger partial charge < -0.3 is 20.6 Å². The number of hydrogen-bond donors (Lipinski definition) is 3. The van der Waals surface area contributed by atoms with E-state index < -0.39 is 12.3 Å². The molecule has 1 aromatic carbocycles. The van der Waals surface area contributed by atoms with E-state index in [1.54, 1.807) is 29.1 Å². The van der Waals surface area contributed by atoms with E-state index in [4.69, 9.17) is 0 Å². The number of anilines is 3. The Kier molecular flexibility index (Phi) is 5.10. The van der Waals surface area contributed by atoms with Gasteiger partial charge in [-0.25, -0.2) is 18.7 Å². The van der Waals surface area contributed by atoms with Crippen LogP contribution in [-0.4, -0.2) is 50.7 Å². The average Bonchev–Trinajstić information content (AvgIpc) is 3.45. The van der Waals surface area contributed by atoms with Crippen LogP contribution in [0.1, 0.15) is 22.3 Å². The fourth-order valence-corrected chi connectivity index (χ4v) is 4.76. The summed E-state index contributed by atoms with van der Waals surface area (Å²) in [5.41, 5.74) is 4.81. The molecule has 0 radical (unpaired) electrons. The van der Waals surface area contributed by atoms with Crippen LogP contribution in [0, 0.1) is 5.82 Å². The zero-order valence-corrected chi connectivity index (χ0v) is 18.6. The Bertz CT molecular complexity index is 1440. The summed E-state index contributed by atoms with van der Waals surface area (Å²) < 4.78 is 29.3. The maximum Gasteiger partial charge on any atom is 0.254 e. The molecule has 3 aromatic heterocycles. The molecule has 2 aliphatic heterocycles. The number of imidazole rings is 1. The summed E-state index contributed by atoms with van der Waals surface area (Å²) in [6.07, 6.45) is 3.11. The highest BCUT2D eigenvalue weighted by atomic mass is 19.1. The number of pyridine rings is 2. The first-order valence-electron chi connectivity index (χ1n) is 11.3. The van der Waals surface area contributed by atoms with Gasteiger partial charge in [-0.2, -0.15) is 0 Å². The van der Waals surface area contributed by atoms with E-state index in [-0.39, 0.29) is 18.3 Å². The number of aromatic nitrogens is 3. The number of fused-ring (bicyclic) bond motifs is 2. The lowest BCUT2D eigenvalue weighted by atomic mass is 9.99. The van der Waals surface area contributed by atoms with Crippen LogP contribution < -0.4 is 15.5 Å². The Hall–Kier alpha value is -4.05. The van der Waals surface area contributed by atoms with Gasteiger partial charge in [-0.15, -0.1) is 0 Å². The smallest absolute Gasteiger partial charge is 0.254 e. The highest BCUT2D eigenvalue weighted by Crippen LogP contribution is 2.35. The number of carbonyl (C=O) groups excluding carboxylic acids is 1. The van der Waals surface area contributed by atoms with Gasteiger partial charge in [-0.1, -0.05) is 6.07 Å². The first-order chi connectivity index (χ1) is 17.0. The monoisotopic (exact) mass is 476 g/mol. The van der Waals surface area contributed by atoms with Gasteiger partial charge >= 0.3 is 0 Å². The molecule has 0 bridgehead atoms. The summed E-state index contributed by atoms with van der Waals surface area (Å²) in [7, 11) is 0. The summed E-state index contributed by atoms with van der Waals surface area (Å²) >= 11 is 0. The number of amides is 1. The number of aliphatic hydroxyl groups is 1. The van der Waals surface area contributed by atoms with Gasteiger partial charge in [0.1, 0.15) is 23.5 Å². The van der Waals surface area contributed by atoms with Crippen molar-refractivity contribution in [2.24, 2.45) is 0 Å². The third-order valence-electron chi connectivity index (χ3n) is 6.60. The van der Waals surface area contributed by atoms with E-state index in [9.17, 15) is 18.7 Å². The number of hydrogen-bond acceptors (Lipinski definition) is 6. The molecule has 3 N–H and O–H groups in total. The Morgan fingerprint density at radius 3 is 2.83 bits per heavy atom. The van der Waals surface area contributed by atoms with Gasteiger partial charge in [0.2, 0.25) is 0 Å². The second kappa shape index (κ2) is 8.31. The van der Waals surface area contributed by atoms with Crippen LogP contribution in [0.4, 0.5) is 26.0 Å². The van der Waals surface area contributed by atoms with E-state index in [0.717, 1.165) is 22.5 Å². The first-order valence-corrected chi connectivity index (χ1v) is 11.3. The van der Waals surface area contributed by atoms with Crippen molar-refractivity contribution < 1.29 is 18.7 Å². The van der Waals surface area contributed by atoms with Gasteiger partial charge in [0.25, 0.3) is 5.91 Å². The SMILES string of the molecule is O=C1NCc2c(-c3cnc4cc(F)ccn34)ccc(Nc3ccc(N4CC[C@@H](O)[C@H](F)C4)cn3)c21. The molecule has 35 heavy (non-hydrogen) atoms. The number of benzene rings is 1. The van der Waals surface area contributed by atoms with Crippen LogP contribution in [0.2, 0.25) is 0 Å².